The minimum absolute atomic E-state index is 0.884. The average Bonchev–Trinajstić information content (AvgIpc) is 2.02. The van der Waals surface area contributed by atoms with E-state index in [-0.39, 0.29) is 0 Å². The molecule has 0 amide bonds. The van der Waals surface area contributed by atoms with Crippen LogP contribution in [0.2, 0.25) is 0 Å². The van der Waals surface area contributed by atoms with Gasteiger partial charge in [0.1, 0.15) is 0 Å². The predicted molar refractivity (Wildman–Crippen MR) is 32.4 cm³/mol. The number of rotatable bonds is 0. The van der Waals surface area contributed by atoms with Crippen LogP contribution in [0.5, 0.6) is 0 Å². The van der Waals surface area contributed by atoms with Crippen LogP contribution >= 0.6 is 0 Å². The summed E-state index contributed by atoms with van der Waals surface area (Å²) in [6, 6.07) is 0. The van der Waals surface area contributed by atoms with Crippen molar-refractivity contribution in [3.8, 4) is 0 Å². The van der Waals surface area contributed by atoms with Crippen LogP contribution in [0, 0.1) is 5.92 Å². The van der Waals surface area contributed by atoms with Crippen molar-refractivity contribution in [3.63, 3.8) is 0 Å². The van der Waals surface area contributed by atoms with Crippen LogP contribution in [0.4, 0.5) is 0 Å². The largest absolute Gasteiger partial charge is 0.0691 e. The van der Waals surface area contributed by atoms with Gasteiger partial charge in [-0.3, -0.25) is 0 Å². The molecule has 0 aromatic carbocycles. The zero-order chi connectivity index (χ0) is 5.14. The van der Waals surface area contributed by atoms with E-state index in [1.165, 1.54) is 12.0 Å². The number of hydrogen-bond acceptors (Lipinski definition) is 0. The van der Waals surface area contributed by atoms with E-state index in [2.05, 4.69) is 18.2 Å². The first-order valence-corrected chi connectivity index (χ1v) is 3.08. The van der Waals surface area contributed by atoms with Gasteiger partial charge in [-0.05, 0) is 23.1 Å². The molecule has 0 aromatic rings. The van der Waals surface area contributed by atoms with E-state index in [9.17, 15) is 0 Å². The summed E-state index contributed by atoms with van der Waals surface area (Å²) in [6.07, 6.45) is 8.18. The number of hydrogen-bond donors (Lipinski definition) is 0. The standard InChI is InChI=1S/C8H6/c1-2-6-4-7-3-5(1)8(6)7/h1-3,7H,4H2. The van der Waals surface area contributed by atoms with E-state index in [1.807, 2.05) is 0 Å². The van der Waals surface area contributed by atoms with Gasteiger partial charge in [-0.15, -0.1) is 0 Å². The maximum atomic E-state index is 2.36. The molecule has 0 N–H and O–H groups in total. The van der Waals surface area contributed by atoms with Gasteiger partial charge in [-0.25, -0.2) is 0 Å². The molecule has 0 heteroatoms. The Hall–Kier alpha value is -0.780. The quantitative estimate of drug-likeness (QED) is 0.437. The molecular formula is C8H6. The lowest BCUT2D eigenvalue weighted by molar-refractivity contribution is 0.639. The van der Waals surface area contributed by atoms with E-state index in [0.717, 1.165) is 5.92 Å². The molecule has 1 unspecified atom stereocenters. The maximum Gasteiger partial charge on any atom is 0.00761 e. The van der Waals surface area contributed by atoms with Gasteiger partial charge in [-0.2, -0.15) is 0 Å². The van der Waals surface area contributed by atoms with E-state index in [0.29, 0.717) is 0 Å². The van der Waals surface area contributed by atoms with Gasteiger partial charge in [-0.1, -0.05) is 18.2 Å². The molecule has 38 valence electrons. The molecule has 0 fully saturated rings. The zero-order valence-electron chi connectivity index (χ0n) is 4.52. The fourth-order valence-electron chi connectivity index (χ4n) is 1.80. The minimum atomic E-state index is 0.884. The van der Waals surface area contributed by atoms with Crippen LogP contribution in [0.1, 0.15) is 6.42 Å². The van der Waals surface area contributed by atoms with E-state index >= 15 is 0 Å². The molecule has 0 spiro atoms. The second-order valence-corrected chi connectivity index (χ2v) is 2.70. The summed E-state index contributed by atoms with van der Waals surface area (Å²) in [5.41, 5.74) is 4.77. The minimum Gasteiger partial charge on any atom is -0.0691 e. The van der Waals surface area contributed by atoms with E-state index < -0.39 is 0 Å². The average molecular weight is 102 g/mol. The molecule has 3 aliphatic carbocycles. The van der Waals surface area contributed by atoms with Crippen LogP contribution in [-0.4, -0.2) is 0 Å². The Morgan fingerprint density at radius 2 is 2.38 bits per heavy atom. The monoisotopic (exact) mass is 102 g/mol. The summed E-state index contributed by atoms with van der Waals surface area (Å²) in [6.45, 7) is 0. The lowest BCUT2D eigenvalue weighted by Crippen LogP contribution is -2.21. The number of allylic oxidation sites excluding steroid dienone is 6. The summed E-state index contributed by atoms with van der Waals surface area (Å²) in [5.74, 6) is 0.884. The first-order chi connectivity index (χ1) is 3.95. The molecule has 0 heterocycles. The van der Waals surface area contributed by atoms with Crippen molar-refractivity contribution in [3.05, 3.63) is 34.9 Å². The lowest BCUT2D eigenvalue weighted by Gasteiger charge is -2.35. The second-order valence-electron chi connectivity index (χ2n) is 2.70. The van der Waals surface area contributed by atoms with Crippen molar-refractivity contribution in [2.45, 2.75) is 6.42 Å². The van der Waals surface area contributed by atoms with Crippen LogP contribution in [0.3, 0.4) is 0 Å². The summed E-state index contributed by atoms with van der Waals surface area (Å²) in [7, 11) is 0. The Kier molecular flexibility index (Phi) is 0.301. The third kappa shape index (κ3) is 0.158. The highest BCUT2D eigenvalue weighted by Gasteiger charge is 2.37. The van der Waals surface area contributed by atoms with Crippen LogP contribution in [0.15, 0.2) is 34.9 Å². The Morgan fingerprint density at radius 1 is 1.38 bits per heavy atom. The molecule has 0 aliphatic heterocycles. The molecule has 0 saturated carbocycles. The molecule has 3 aliphatic rings. The third-order valence-corrected chi connectivity index (χ3v) is 2.31. The topological polar surface area (TPSA) is 0 Å². The molecule has 8 heavy (non-hydrogen) atoms. The summed E-state index contributed by atoms with van der Waals surface area (Å²) in [4.78, 5) is 0. The van der Waals surface area contributed by atoms with Gasteiger partial charge < -0.3 is 0 Å². The summed E-state index contributed by atoms with van der Waals surface area (Å²) in [5, 5.41) is 0. The zero-order valence-corrected chi connectivity index (χ0v) is 4.52. The highest BCUT2D eigenvalue weighted by Crippen LogP contribution is 2.52. The molecule has 0 aromatic heterocycles. The fourth-order valence-corrected chi connectivity index (χ4v) is 1.80. The SMILES string of the molecule is C1=CC2=C3C1=CC3C2. The van der Waals surface area contributed by atoms with Crippen molar-refractivity contribution in [1.82, 2.24) is 0 Å². The molecule has 0 bridgehead atoms. The van der Waals surface area contributed by atoms with Crippen molar-refractivity contribution in [1.29, 1.82) is 0 Å². The van der Waals surface area contributed by atoms with Crippen molar-refractivity contribution in [2.24, 2.45) is 5.92 Å². The molecule has 0 nitrogen and oxygen atoms in total. The highest BCUT2D eigenvalue weighted by molar-refractivity contribution is 5.68. The Balaban J connectivity index is 2.44. The Bertz CT molecular complexity index is 251. The van der Waals surface area contributed by atoms with Crippen molar-refractivity contribution >= 4 is 0 Å². The molecule has 1 atom stereocenters. The van der Waals surface area contributed by atoms with Gasteiger partial charge in [0, 0.05) is 5.92 Å². The van der Waals surface area contributed by atoms with Gasteiger partial charge >= 0.3 is 0 Å². The van der Waals surface area contributed by atoms with E-state index in [1.54, 1.807) is 11.1 Å². The Labute approximate surface area is 48.2 Å². The summed E-state index contributed by atoms with van der Waals surface area (Å²) < 4.78 is 0. The predicted octanol–water partition coefficient (Wildman–Crippen LogP) is 1.81. The van der Waals surface area contributed by atoms with Crippen molar-refractivity contribution in [2.75, 3.05) is 0 Å². The molecule has 0 saturated heterocycles. The molecular weight excluding hydrogens is 96.1 g/mol. The molecule has 3 rings (SSSR count). The smallest absolute Gasteiger partial charge is 0.00761 e. The first-order valence-electron chi connectivity index (χ1n) is 3.08. The summed E-state index contributed by atoms with van der Waals surface area (Å²) >= 11 is 0. The first kappa shape index (κ1) is 3.29. The lowest BCUT2D eigenvalue weighted by atomic mass is 9.69. The van der Waals surface area contributed by atoms with Gasteiger partial charge in [0.25, 0.3) is 0 Å². The highest BCUT2D eigenvalue weighted by atomic mass is 14.4. The fraction of sp³-hybridized carbons (Fsp3) is 0.250. The Morgan fingerprint density at radius 3 is 3.00 bits per heavy atom. The van der Waals surface area contributed by atoms with E-state index in [4.69, 9.17) is 0 Å². The van der Waals surface area contributed by atoms with Crippen LogP contribution in [-0.2, 0) is 0 Å². The maximum absolute atomic E-state index is 2.36. The normalized spacial score (nSPS) is 36.0. The van der Waals surface area contributed by atoms with Gasteiger partial charge in [0.2, 0.25) is 0 Å². The van der Waals surface area contributed by atoms with Crippen LogP contribution < -0.4 is 0 Å². The molecule has 0 radical (unpaired) electrons. The van der Waals surface area contributed by atoms with Gasteiger partial charge in [0.05, 0.1) is 0 Å². The van der Waals surface area contributed by atoms with Crippen LogP contribution in [0.25, 0.3) is 0 Å². The third-order valence-electron chi connectivity index (χ3n) is 2.31. The second kappa shape index (κ2) is 0.732. The van der Waals surface area contributed by atoms with Crippen molar-refractivity contribution < 1.29 is 0 Å². The van der Waals surface area contributed by atoms with Gasteiger partial charge in [0.15, 0.2) is 0 Å².